The minimum absolute atomic E-state index is 0.917. The van der Waals surface area contributed by atoms with Gasteiger partial charge in [0.2, 0.25) is 0 Å². The van der Waals surface area contributed by atoms with Crippen molar-refractivity contribution >= 4 is 16.8 Å². The number of fused-ring (bicyclic) bond motifs is 1. The number of hydrogen-bond donors (Lipinski definition) is 0. The summed E-state index contributed by atoms with van der Waals surface area (Å²) in [6.45, 7) is 0. The van der Waals surface area contributed by atoms with E-state index in [0.29, 0.717) is 0 Å². The average Bonchev–Trinajstić information content (AvgIpc) is 2.48. The summed E-state index contributed by atoms with van der Waals surface area (Å²) in [6, 6.07) is 19.0. The van der Waals surface area contributed by atoms with Gasteiger partial charge in [-0.15, -0.1) is 0 Å². The highest BCUT2D eigenvalue weighted by Gasteiger charge is 1.93. The van der Waals surface area contributed by atoms with Crippen molar-refractivity contribution in [1.29, 1.82) is 0 Å². The largest absolute Gasteiger partial charge is 0.264 e. The Bertz CT molecular complexity index is 699. The number of pyridine rings is 1. The predicted octanol–water partition coefficient (Wildman–Crippen LogP) is 4.49. The van der Waals surface area contributed by atoms with Crippen molar-refractivity contribution in [3.8, 4) is 0 Å². The molecule has 0 fully saturated rings. The lowest BCUT2D eigenvalue weighted by Gasteiger charge is -1.99. The standard InChI is InChI=1S/C18H15N/c1-2-9-18-13-15(10-11-17(18)8-1)5-3-6-16-7-4-12-19-14-16/h1-5,7-14H,6H2/b5-3-. The Hall–Kier alpha value is -2.41. The van der Waals surface area contributed by atoms with E-state index in [1.165, 1.54) is 21.9 Å². The Morgan fingerprint density at radius 3 is 2.63 bits per heavy atom. The van der Waals surface area contributed by atoms with E-state index in [1.54, 1.807) is 6.20 Å². The average molecular weight is 245 g/mol. The molecule has 0 saturated carbocycles. The highest BCUT2D eigenvalue weighted by atomic mass is 14.6. The van der Waals surface area contributed by atoms with Crippen LogP contribution in [-0.2, 0) is 6.42 Å². The summed E-state index contributed by atoms with van der Waals surface area (Å²) in [5, 5.41) is 2.57. The van der Waals surface area contributed by atoms with Crippen LogP contribution in [0.5, 0.6) is 0 Å². The number of benzene rings is 2. The van der Waals surface area contributed by atoms with Gasteiger partial charge in [0.1, 0.15) is 0 Å². The molecule has 0 unspecified atom stereocenters. The highest BCUT2D eigenvalue weighted by Crippen LogP contribution is 2.16. The molecule has 19 heavy (non-hydrogen) atoms. The van der Waals surface area contributed by atoms with Crippen LogP contribution in [0.3, 0.4) is 0 Å². The fourth-order valence-corrected chi connectivity index (χ4v) is 2.16. The molecule has 0 radical (unpaired) electrons. The van der Waals surface area contributed by atoms with Gasteiger partial charge >= 0.3 is 0 Å². The molecule has 0 atom stereocenters. The van der Waals surface area contributed by atoms with Crippen molar-refractivity contribution in [2.75, 3.05) is 0 Å². The lowest BCUT2D eigenvalue weighted by molar-refractivity contribution is 1.19. The van der Waals surface area contributed by atoms with Gasteiger partial charge in [0.05, 0.1) is 0 Å². The van der Waals surface area contributed by atoms with Crippen LogP contribution in [0.25, 0.3) is 16.8 Å². The molecule has 92 valence electrons. The molecule has 0 bridgehead atoms. The van der Waals surface area contributed by atoms with Gasteiger partial charge in [-0.3, -0.25) is 4.98 Å². The molecule has 1 aromatic heterocycles. The third kappa shape index (κ3) is 2.89. The fraction of sp³-hybridized carbons (Fsp3) is 0.0556. The van der Waals surface area contributed by atoms with Gasteiger partial charge in [0.25, 0.3) is 0 Å². The lowest BCUT2D eigenvalue weighted by atomic mass is 10.1. The topological polar surface area (TPSA) is 12.9 Å². The van der Waals surface area contributed by atoms with E-state index in [4.69, 9.17) is 0 Å². The van der Waals surface area contributed by atoms with Gasteiger partial charge in [0.15, 0.2) is 0 Å². The Balaban J connectivity index is 1.78. The Labute approximate surface area is 113 Å². The second-order valence-electron chi connectivity index (χ2n) is 4.57. The number of nitrogens with zero attached hydrogens (tertiary/aromatic N) is 1. The van der Waals surface area contributed by atoms with Gasteiger partial charge in [-0.1, -0.05) is 54.6 Å². The summed E-state index contributed by atoms with van der Waals surface area (Å²) in [5.74, 6) is 0. The maximum absolute atomic E-state index is 4.12. The van der Waals surface area contributed by atoms with E-state index < -0.39 is 0 Å². The molecule has 0 N–H and O–H groups in total. The number of allylic oxidation sites excluding steroid dienone is 1. The van der Waals surface area contributed by atoms with E-state index in [9.17, 15) is 0 Å². The lowest BCUT2D eigenvalue weighted by Crippen LogP contribution is -1.81. The molecule has 1 heteroatoms. The summed E-state index contributed by atoms with van der Waals surface area (Å²) < 4.78 is 0. The molecule has 0 aliphatic rings. The van der Waals surface area contributed by atoms with Crippen LogP contribution in [0.15, 0.2) is 73.1 Å². The van der Waals surface area contributed by atoms with Crippen molar-refractivity contribution in [3.63, 3.8) is 0 Å². The smallest absolute Gasteiger partial charge is 0.0303 e. The quantitative estimate of drug-likeness (QED) is 0.662. The second-order valence-corrected chi connectivity index (χ2v) is 4.57. The van der Waals surface area contributed by atoms with Crippen LogP contribution in [0.2, 0.25) is 0 Å². The highest BCUT2D eigenvalue weighted by molar-refractivity contribution is 5.84. The monoisotopic (exact) mass is 245 g/mol. The Kier molecular flexibility index (Phi) is 3.37. The number of hydrogen-bond acceptors (Lipinski definition) is 1. The van der Waals surface area contributed by atoms with E-state index >= 15 is 0 Å². The Morgan fingerprint density at radius 1 is 0.895 bits per heavy atom. The molecule has 1 heterocycles. The van der Waals surface area contributed by atoms with Gasteiger partial charge < -0.3 is 0 Å². The Morgan fingerprint density at radius 2 is 1.79 bits per heavy atom. The first-order valence-electron chi connectivity index (χ1n) is 6.46. The number of rotatable bonds is 3. The molecule has 1 nitrogen and oxygen atoms in total. The summed E-state index contributed by atoms with van der Waals surface area (Å²) in [6.07, 6.45) is 8.97. The van der Waals surface area contributed by atoms with Crippen LogP contribution in [0.4, 0.5) is 0 Å². The van der Waals surface area contributed by atoms with Crippen LogP contribution in [0, 0.1) is 0 Å². The predicted molar refractivity (Wildman–Crippen MR) is 80.9 cm³/mol. The molecule has 0 spiro atoms. The maximum atomic E-state index is 4.12. The van der Waals surface area contributed by atoms with Crippen molar-refractivity contribution < 1.29 is 0 Å². The molecular weight excluding hydrogens is 230 g/mol. The summed E-state index contributed by atoms with van der Waals surface area (Å²) in [5.41, 5.74) is 2.47. The minimum Gasteiger partial charge on any atom is -0.264 e. The van der Waals surface area contributed by atoms with Crippen molar-refractivity contribution in [2.24, 2.45) is 0 Å². The first-order valence-corrected chi connectivity index (χ1v) is 6.46. The summed E-state index contributed by atoms with van der Waals surface area (Å²) in [7, 11) is 0. The van der Waals surface area contributed by atoms with E-state index in [0.717, 1.165) is 6.42 Å². The van der Waals surface area contributed by atoms with Crippen LogP contribution in [-0.4, -0.2) is 4.98 Å². The molecule has 0 aliphatic heterocycles. The van der Waals surface area contributed by atoms with E-state index in [1.807, 2.05) is 12.3 Å². The van der Waals surface area contributed by atoms with Gasteiger partial charge in [0, 0.05) is 12.4 Å². The molecule has 0 aliphatic carbocycles. The first kappa shape index (κ1) is 11.7. The molecular formula is C18H15N. The fourth-order valence-electron chi connectivity index (χ4n) is 2.16. The molecule has 0 amide bonds. The van der Waals surface area contributed by atoms with E-state index in [-0.39, 0.29) is 0 Å². The van der Waals surface area contributed by atoms with Crippen LogP contribution < -0.4 is 0 Å². The summed E-state index contributed by atoms with van der Waals surface area (Å²) in [4.78, 5) is 4.12. The zero-order valence-corrected chi connectivity index (χ0v) is 10.7. The van der Waals surface area contributed by atoms with Crippen molar-refractivity contribution in [1.82, 2.24) is 4.98 Å². The first-order chi connectivity index (χ1) is 9.42. The maximum Gasteiger partial charge on any atom is 0.0303 e. The molecule has 0 saturated heterocycles. The number of aromatic nitrogens is 1. The van der Waals surface area contributed by atoms with E-state index in [2.05, 4.69) is 65.7 Å². The third-order valence-corrected chi connectivity index (χ3v) is 3.16. The minimum atomic E-state index is 0.917. The van der Waals surface area contributed by atoms with Crippen LogP contribution in [0.1, 0.15) is 11.1 Å². The zero-order valence-electron chi connectivity index (χ0n) is 10.7. The molecule has 3 aromatic rings. The molecule has 2 aromatic carbocycles. The van der Waals surface area contributed by atoms with Gasteiger partial charge in [-0.05, 0) is 40.5 Å². The van der Waals surface area contributed by atoms with Crippen molar-refractivity contribution in [2.45, 2.75) is 6.42 Å². The van der Waals surface area contributed by atoms with Gasteiger partial charge in [-0.25, -0.2) is 0 Å². The van der Waals surface area contributed by atoms with Crippen molar-refractivity contribution in [3.05, 3.63) is 84.2 Å². The zero-order chi connectivity index (χ0) is 12.9. The summed E-state index contributed by atoms with van der Waals surface area (Å²) >= 11 is 0. The molecule has 3 rings (SSSR count). The van der Waals surface area contributed by atoms with Gasteiger partial charge in [-0.2, -0.15) is 0 Å². The normalized spacial score (nSPS) is 11.2. The second kappa shape index (κ2) is 5.49. The SMILES string of the molecule is C(=C/c1ccc2ccccc2c1)/Cc1cccnc1. The van der Waals surface area contributed by atoms with Crippen LogP contribution >= 0.6 is 0 Å². The third-order valence-electron chi connectivity index (χ3n) is 3.16.